The van der Waals surface area contributed by atoms with E-state index in [2.05, 4.69) is 4.98 Å². The molecule has 0 saturated carbocycles. The number of carbonyl (C=O) groups is 3. The maximum atomic E-state index is 12.8. The first kappa shape index (κ1) is 14.3. The molecular weight excluding hydrogens is 306 g/mol. The minimum Gasteiger partial charge on any atom is -0.272 e. The van der Waals surface area contributed by atoms with Gasteiger partial charge in [-0.2, -0.15) is 0 Å². The maximum absolute atomic E-state index is 12.8. The van der Waals surface area contributed by atoms with Crippen LogP contribution in [0.2, 0.25) is 0 Å². The molecule has 0 unspecified atom stereocenters. The smallest absolute Gasteiger partial charge is 0.262 e. The van der Waals surface area contributed by atoms with Crippen molar-refractivity contribution in [1.29, 1.82) is 0 Å². The second-order valence-corrected chi connectivity index (χ2v) is 5.64. The Bertz CT molecular complexity index is 970. The molecular formula is C18H13N3O3. The number of benzene rings is 2. The topological polar surface area (TPSA) is 72.3 Å². The molecule has 1 aromatic heterocycles. The van der Waals surface area contributed by atoms with Crippen molar-refractivity contribution in [2.75, 3.05) is 0 Å². The Labute approximate surface area is 137 Å². The van der Waals surface area contributed by atoms with E-state index in [0.29, 0.717) is 22.2 Å². The number of carbonyl (C=O) groups excluding carboxylic acids is 3. The van der Waals surface area contributed by atoms with Crippen molar-refractivity contribution < 1.29 is 14.4 Å². The number of nitrogens with zero attached hydrogens (tertiary/aromatic N) is 3. The van der Waals surface area contributed by atoms with Gasteiger partial charge >= 0.3 is 0 Å². The predicted octanol–water partition coefficient (Wildman–Crippen LogP) is 2.36. The molecule has 0 bridgehead atoms. The zero-order valence-electron chi connectivity index (χ0n) is 12.8. The molecule has 1 aliphatic heterocycles. The van der Waals surface area contributed by atoms with Crippen molar-refractivity contribution >= 4 is 28.8 Å². The fourth-order valence-electron chi connectivity index (χ4n) is 3.01. The average Bonchev–Trinajstić information content (AvgIpc) is 3.14. The fraction of sp³-hybridized carbons (Fsp3) is 0.111. The van der Waals surface area contributed by atoms with Gasteiger partial charge in [0.15, 0.2) is 0 Å². The van der Waals surface area contributed by atoms with Crippen LogP contribution in [0.4, 0.5) is 0 Å². The van der Waals surface area contributed by atoms with Crippen LogP contribution in [-0.2, 0) is 0 Å². The summed E-state index contributed by atoms with van der Waals surface area (Å²) in [6.07, 6.45) is 1.42. The third kappa shape index (κ3) is 1.89. The van der Waals surface area contributed by atoms with Gasteiger partial charge in [0, 0.05) is 0 Å². The third-order valence-electron chi connectivity index (χ3n) is 4.26. The van der Waals surface area contributed by atoms with E-state index >= 15 is 0 Å². The van der Waals surface area contributed by atoms with Crippen molar-refractivity contribution in [3.63, 3.8) is 0 Å². The molecule has 4 rings (SSSR count). The number of hydrogen-bond donors (Lipinski definition) is 0. The number of aromatic nitrogens is 2. The van der Waals surface area contributed by atoms with Gasteiger partial charge in [-0.1, -0.05) is 24.3 Å². The molecule has 0 saturated heterocycles. The minimum absolute atomic E-state index is 0.331. The number of rotatable bonds is 2. The van der Waals surface area contributed by atoms with Crippen LogP contribution >= 0.6 is 0 Å². The molecule has 6 heteroatoms. The summed E-state index contributed by atoms with van der Waals surface area (Å²) in [7, 11) is 0. The Morgan fingerprint density at radius 1 is 0.958 bits per heavy atom. The summed E-state index contributed by atoms with van der Waals surface area (Å²) < 4.78 is 1.38. The van der Waals surface area contributed by atoms with Crippen molar-refractivity contribution in [2.45, 2.75) is 13.0 Å². The Hall–Kier alpha value is -3.28. The van der Waals surface area contributed by atoms with Crippen LogP contribution in [0, 0.1) is 0 Å². The van der Waals surface area contributed by atoms with Crippen LogP contribution < -0.4 is 0 Å². The Morgan fingerprint density at radius 2 is 1.54 bits per heavy atom. The monoisotopic (exact) mass is 319 g/mol. The van der Waals surface area contributed by atoms with E-state index in [1.54, 1.807) is 49.4 Å². The quantitative estimate of drug-likeness (QED) is 0.680. The lowest BCUT2D eigenvalue weighted by Gasteiger charge is -2.21. The van der Waals surface area contributed by atoms with E-state index in [1.807, 2.05) is 6.07 Å². The van der Waals surface area contributed by atoms with Gasteiger partial charge in [-0.15, -0.1) is 0 Å². The maximum Gasteiger partial charge on any atom is 0.262 e. The molecule has 2 amide bonds. The van der Waals surface area contributed by atoms with Crippen molar-refractivity contribution in [1.82, 2.24) is 14.5 Å². The molecule has 0 radical (unpaired) electrons. The van der Waals surface area contributed by atoms with Crippen LogP contribution in [0.15, 0.2) is 54.9 Å². The van der Waals surface area contributed by atoms with Gasteiger partial charge in [-0.3, -0.25) is 23.9 Å². The number of amides is 2. The van der Waals surface area contributed by atoms with Crippen molar-refractivity contribution in [3.05, 3.63) is 66.0 Å². The zero-order chi connectivity index (χ0) is 16.8. The molecule has 0 N–H and O–H groups in total. The minimum atomic E-state index is -0.921. The molecule has 6 nitrogen and oxygen atoms in total. The van der Waals surface area contributed by atoms with Gasteiger partial charge in [0.25, 0.3) is 17.7 Å². The van der Waals surface area contributed by atoms with E-state index in [0.717, 1.165) is 4.90 Å². The highest BCUT2D eigenvalue weighted by atomic mass is 16.2. The molecule has 3 aromatic rings. The number of imide groups is 1. The lowest BCUT2D eigenvalue weighted by Crippen LogP contribution is -2.44. The molecule has 0 fully saturated rings. The van der Waals surface area contributed by atoms with Crippen LogP contribution in [0.25, 0.3) is 11.0 Å². The van der Waals surface area contributed by atoms with E-state index in [1.165, 1.54) is 10.9 Å². The van der Waals surface area contributed by atoms with Crippen LogP contribution in [0.1, 0.15) is 32.4 Å². The summed E-state index contributed by atoms with van der Waals surface area (Å²) >= 11 is 0. The number of para-hydroxylation sites is 2. The third-order valence-corrected chi connectivity index (χ3v) is 4.26. The second kappa shape index (κ2) is 5.13. The SMILES string of the molecule is C[C@@H](C(=O)n1cnc2ccccc21)N1C(=O)c2ccccc2C1=O. The highest BCUT2D eigenvalue weighted by molar-refractivity contribution is 6.23. The first-order valence-electron chi connectivity index (χ1n) is 7.53. The van der Waals surface area contributed by atoms with Gasteiger partial charge in [0.05, 0.1) is 22.2 Å². The first-order chi connectivity index (χ1) is 11.6. The van der Waals surface area contributed by atoms with E-state index in [9.17, 15) is 14.4 Å². The summed E-state index contributed by atoms with van der Waals surface area (Å²) in [5.74, 6) is -1.26. The zero-order valence-corrected chi connectivity index (χ0v) is 12.8. The number of fused-ring (bicyclic) bond motifs is 2. The Morgan fingerprint density at radius 3 is 2.21 bits per heavy atom. The molecule has 1 atom stereocenters. The summed E-state index contributed by atoms with van der Waals surface area (Å²) in [5, 5.41) is 0. The van der Waals surface area contributed by atoms with Gasteiger partial charge in [-0.25, -0.2) is 4.98 Å². The Balaban J connectivity index is 1.72. The normalized spacial score (nSPS) is 15.0. The predicted molar refractivity (Wildman–Crippen MR) is 86.8 cm³/mol. The van der Waals surface area contributed by atoms with Crippen LogP contribution in [0.5, 0.6) is 0 Å². The van der Waals surface area contributed by atoms with E-state index in [4.69, 9.17) is 0 Å². The summed E-state index contributed by atoms with van der Waals surface area (Å²) in [5.41, 5.74) is 1.99. The lowest BCUT2D eigenvalue weighted by molar-refractivity contribution is 0.0530. The lowest BCUT2D eigenvalue weighted by atomic mass is 10.1. The Kier molecular flexibility index (Phi) is 3.06. The van der Waals surface area contributed by atoms with Crippen molar-refractivity contribution in [2.24, 2.45) is 0 Å². The molecule has 1 aliphatic rings. The molecule has 0 aliphatic carbocycles. The van der Waals surface area contributed by atoms with E-state index < -0.39 is 17.9 Å². The summed E-state index contributed by atoms with van der Waals surface area (Å²) in [6, 6.07) is 12.9. The summed E-state index contributed by atoms with van der Waals surface area (Å²) in [4.78, 5) is 43.0. The largest absolute Gasteiger partial charge is 0.272 e. The standard InChI is InChI=1S/C18H13N3O3/c1-11(16(22)20-10-19-14-8-4-5-9-15(14)20)21-17(23)12-6-2-3-7-13(12)18(21)24/h2-11H,1H3/t11-/m0/s1. The highest BCUT2D eigenvalue weighted by Gasteiger charge is 2.41. The van der Waals surface area contributed by atoms with Crippen molar-refractivity contribution in [3.8, 4) is 0 Å². The molecule has 0 spiro atoms. The first-order valence-corrected chi connectivity index (χ1v) is 7.53. The van der Waals surface area contributed by atoms with Gasteiger partial charge < -0.3 is 0 Å². The van der Waals surface area contributed by atoms with Gasteiger partial charge in [0.2, 0.25) is 0 Å². The number of hydrogen-bond acceptors (Lipinski definition) is 4. The van der Waals surface area contributed by atoms with Crippen LogP contribution in [0.3, 0.4) is 0 Å². The van der Waals surface area contributed by atoms with Gasteiger partial charge in [-0.05, 0) is 31.2 Å². The molecule has 2 heterocycles. The second-order valence-electron chi connectivity index (χ2n) is 5.64. The average molecular weight is 319 g/mol. The summed E-state index contributed by atoms with van der Waals surface area (Å²) in [6.45, 7) is 1.55. The molecule has 118 valence electrons. The van der Waals surface area contributed by atoms with Gasteiger partial charge in [0.1, 0.15) is 12.4 Å². The number of imidazole rings is 1. The highest BCUT2D eigenvalue weighted by Crippen LogP contribution is 2.25. The molecule has 24 heavy (non-hydrogen) atoms. The molecule has 2 aromatic carbocycles. The van der Waals surface area contributed by atoms with E-state index in [-0.39, 0.29) is 5.91 Å². The van der Waals surface area contributed by atoms with Crippen LogP contribution in [-0.4, -0.2) is 38.2 Å². The fourth-order valence-corrected chi connectivity index (χ4v) is 3.01.